The predicted octanol–water partition coefficient (Wildman–Crippen LogP) is -1.23. The summed E-state index contributed by atoms with van der Waals surface area (Å²) in [6.07, 6.45) is 0.982. The predicted molar refractivity (Wildman–Crippen MR) is 36.9 cm³/mol. The highest BCUT2D eigenvalue weighted by atomic mass is 16.4. The van der Waals surface area contributed by atoms with Crippen LogP contribution in [-0.4, -0.2) is 36.2 Å². The van der Waals surface area contributed by atoms with Gasteiger partial charge in [0.1, 0.15) is 6.09 Å². The first-order valence-corrected chi connectivity index (χ1v) is 3.99. The zero-order valence-corrected chi connectivity index (χ0v) is 6.25. The minimum absolute atomic E-state index is 0.179. The Kier molecular flexibility index (Phi) is 1.49. The third-order valence-electron chi connectivity index (χ3n) is 2.59. The highest BCUT2D eigenvalue weighted by Crippen LogP contribution is 2.25. The minimum Gasteiger partial charge on any atom is -0.530 e. The van der Waals surface area contributed by atoms with E-state index in [2.05, 4.69) is 5.32 Å². The zero-order valence-electron chi connectivity index (χ0n) is 6.25. The van der Waals surface area contributed by atoms with Crippen LogP contribution >= 0.6 is 0 Å². The molecule has 2 atom stereocenters. The number of hydrogen-bond donors (Lipinski definition) is 1. The van der Waals surface area contributed by atoms with E-state index >= 15 is 0 Å². The molecule has 0 aromatic rings. The minimum atomic E-state index is -1.00. The number of nitrogens with one attached hydrogen (secondary N) is 1. The van der Waals surface area contributed by atoms with Crippen molar-refractivity contribution < 1.29 is 9.90 Å². The molecule has 0 aliphatic carbocycles. The van der Waals surface area contributed by atoms with Crippen LogP contribution < -0.4 is 10.4 Å². The molecule has 0 radical (unpaired) electrons. The van der Waals surface area contributed by atoms with Gasteiger partial charge in [-0.3, -0.25) is 0 Å². The van der Waals surface area contributed by atoms with Crippen molar-refractivity contribution >= 4 is 6.09 Å². The third kappa shape index (κ3) is 0.976. The summed E-state index contributed by atoms with van der Waals surface area (Å²) >= 11 is 0. The first kappa shape index (κ1) is 6.91. The zero-order chi connectivity index (χ0) is 7.84. The number of carboxylic acid groups (broad SMARTS) is 1. The summed E-state index contributed by atoms with van der Waals surface area (Å²) in [5, 5.41) is 13.8. The number of amides is 1. The monoisotopic (exact) mass is 155 g/mol. The molecule has 4 heteroatoms. The number of hydrogen-bond acceptors (Lipinski definition) is 3. The number of carbonyl (C=O) groups is 1. The molecule has 2 saturated heterocycles. The van der Waals surface area contributed by atoms with Crippen LogP contribution in [0.4, 0.5) is 4.79 Å². The highest BCUT2D eigenvalue weighted by molar-refractivity contribution is 5.64. The number of carbonyl (C=O) groups excluding carboxylic acids is 1. The molecule has 1 N–H and O–H groups in total. The van der Waals surface area contributed by atoms with E-state index in [0.717, 1.165) is 25.9 Å². The van der Waals surface area contributed by atoms with Gasteiger partial charge in [-0.25, -0.2) is 0 Å². The Morgan fingerprint density at radius 2 is 1.91 bits per heavy atom. The molecule has 0 aromatic heterocycles. The molecule has 2 rings (SSSR count). The van der Waals surface area contributed by atoms with Gasteiger partial charge in [0.05, 0.1) is 0 Å². The molecule has 0 aromatic carbocycles. The van der Waals surface area contributed by atoms with Gasteiger partial charge in [-0.2, -0.15) is 0 Å². The SMILES string of the molecule is O=C([O-])N1C2CCC1CNC2. The van der Waals surface area contributed by atoms with Crippen molar-refractivity contribution in [1.82, 2.24) is 10.2 Å². The molecule has 4 nitrogen and oxygen atoms in total. The molecule has 2 heterocycles. The Morgan fingerprint density at radius 3 is 2.27 bits per heavy atom. The van der Waals surface area contributed by atoms with E-state index in [9.17, 15) is 9.90 Å². The molecule has 62 valence electrons. The summed E-state index contributed by atoms with van der Waals surface area (Å²) < 4.78 is 0. The summed E-state index contributed by atoms with van der Waals surface area (Å²) in [6.45, 7) is 1.59. The smallest absolute Gasteiger partial charge is 0.137 e. The van der Waals surface area contributed by atoms with E-state index in [1.54, 1.807) is 0 Å². The molecule has 11 heavy (non-hydrogen) atoms. The molecule has 0 spiro atoms. The average Bonchev–Trinajstić information content (AvgIpc) is 2.23. The van der Waals surface area contributed by atoms with Gasteiger partial charge in [-0.15, -0.1) is 0 Å². The fraction of sp³-hybridized carbons (Fsp3) is 0.857. The third-order valence-corrected chi connectivity index (χ3v) is 2.59. The normalized spacial score (nSPS) is 35.8. The van der Waals surface area contributed by atoms with Gasteiger partial charge in [-0.1, -0.05) is 0 Å². The van der Waals surface area contributed by atoms with Gasteiger partial charge in [0.2, 0.25) is 0 Å². The van der Waals surface area contributed by atoms with Crippen molar-refractivity contribution in [1.29, 1.82) is 0 Å². The van der Waals surface area contributed by atoms with Crippen LogP contribution in [0.15, 0.2) is 0 Å². The summed E-state index contributed by atoms with van der Waals surface area (Å²) in [6, 6.07) is 0.359. The van der Waals surface area contributed by atoms with E-state index < -0.39 is 6.09 Å². The van der Waals surface area contributed by atoms with Crippen LogP contribution in [0.3, 0.4) is 0 Å². The fourth-order valence-electron chi connectivity index (χ4n) is 2.08. The van der Waals surface area contributed by atoms with Crippen molar-refractivity contribution in [2.24, 2.45) is 0 Å². The van der Waals surface area contributed by atoms with Crippen LogP contribution in [0.5, 0.6) is 0 Å². The highest BCUT2D eigenvalue weighted by Gasteiger charge is 2.36. The summed E-state index contributed by atoms with van der Waals surface area (Å²) in [5.74, 6) is 0. The number of nitrogens with zero attached hydrogens (tertiary/aromatic N) is 1. The maximum atomic E-state index is 10.6. The van der Waals surface area contributed by atoms with Crippen LogP contribution in [-0.2, 0) is 0 Å². The molecular formula is C7H11N2O2-. The number of piperazine rings is 1. The van der Waals surface area contributed by atoms with Crippen molar-refractivity contribution in [2.75, 3.05) is 13.1 Å². The van der Waals surface area contributed by atoms with Gasteiger partial charge in [0, 0.05) is 25.2 Å². The van der Waals surface area contributed by atoms with E-state index in [1.165, 1.54) is 4.90 Å². The van der Waals surface area contributed by atoms with E-state index in [1.807, 2.05) is 0 Å². The fourth-order valence-corrected chi connectivity index (χ4v) is 2.08. The van der Waals surface area contributed by atoms with Gasteiger partial charge in [0.15, 0.2) is 0 Å². The lowest BCUT2D eigenvalue weighted by Gasteiger charge is -2.37. The Labute approximate surface area is 65.2 Å². The van der Waals surface area contributed by atoms with Gasteiger partial charge >= 0.3 is 0 Å². The lowest BCUT2D eigenvalue weighted by molar-refractivity contribution is -0.269. The first-order valence-electron chi connectivity index (χ1n) is 3.99. The quantitative estimate of drug-likeness (QED) is 0.476. The second-order valence-corrected chi connectivity index (χ2v) is 3.22. The molecule has 2 aliphatic rings. The largest absolute Gasteiger partial charge is 0.530 e. The number of fused-ring (bicyclic) bond motifs is 2. The Morgan fingerprint density at radius 1 is 1.36 bits per heavy atom. The molecule has 1 amide bonds. The van der Waals surface area contributed by atoms with E-state index in [-0.39, 0.29) is 12.1 Å². The summed E-state index contributed by atoms with van der Waals surface area (Å²) in [4.78, 5) is 12.1. The van der Waals surface area contributed by atoms with Crippen molar-refractivity contribution in [3.05, 3.63) is 0 Å². The second kappa shape index (κ2) is 2.37. The summed E-state index contributed by atoms with van der Waals surface area (Å²) in [7, 11) is 0. The van der Waals surface area contributed by atoms with Crippen LogP contribution in [0.25, 0.3) is 0 Å². The molecule has 2 aliphatic heterocycles. The number of rotatable bonds is 0. The molecule has 2 bridgehead atoms. The first-order chi connectivity index (χ1) is 5.29. The van der Waals surface area contributed by atoms with Crippen molar-refractivity contribution in [3.63, 3.8) is 0 Å². The summed E-state index contributed by atoms with van der Waals surface area (Å²) in [5.41, 5.74) is 0. The van der Waals surface area contributed by atoms with Gasteiger partial charge < -0.3 is 20.1 Å². The van der Waals surface area contributed by atoms with Gasteiger partial charge in [0.25, 0.3) is 0 Å². The van der Waals surface area contributed by atoms with Crippen LogP contribution in [0.1, 0.15) is 12.8 Å². The molecule has 0 saturated carbocycles. The lowest BCUT2D eigenvalue weighted by atomic mass is 10.2. The molecule has 2 fully saturated rings. The van der Waals surface area contributed by atoms with E-state index in [0.29, 0.717) is 0 Å². The second-order valence-electron chi connectivity index (χ2n) is 3.22. The van der Waals surface area contributed by atoms with Crippen LogP contribution in [0.2, 0.25) is 0 Å². The average molecular weight is 155 g/mol. The Hall–Kier alpha value is -0.770. The maximum absolute atomic E-state index is 10.6. The Bertz CT molecular complexity index is 167. The molecule has 2 unspecified atom stereocenters. The standard InChI is InChI=1S/C7H12N2O2/c10-7(11)9-5-1-2-6(9)4-8-3-5/h5-6,8H,1-4H2,(H,10,11)/p-1. The van der Waals surface area contributed by atoms with Gasteiger partial charge in [-0.05, 0) is 12.8 Å². The topological polar surface area (TPSA) is 55.4 Å². The van der Waals surface area contributed by atoms with Crippen molar-refractivity contribution in [2.45, 2.75) is 24.9 Å². The van der Waals surface area contributed by atoms with E-state index in [4.69, 9.17) is 0 Å². The maximum Gasteiger partial charge on any atom is 0.137 e. The molecular weight excluding hydrogens is 144 g/mol. The van der Waals surface area contributed by atoms with Crippen LogP contribution in [0, 0.1) is 0 Å². The van der Waals surface area contributed by atoms with Crippen molar-refractivity contribution in [3.8, 4) is 0 Å². The Balaban J connectivity index is 2.15. The lowest BCUT2D eigenvalue weighted by Crippen LogP contribution is -2.57.